The maximum atomic E-state index is 14.6. The number of ketones is 1. The fraction of sp³-hybridized carbons (Fsp3) is 0.658. The molecule has 0 spiro atoms. The van der Waals surface area contributed by atoms with Crippen LogP contribution in [-0.2, 0) is 33.5 Å². The topological polar surface area (TPSA) is 200 Å². The second kappa shape index (κ2) is 19.4. The highest BCUT2D eigenvalue weighted by Crippen LogP contribution is 2.41. The maximum Gasteiger partial charge on any atom is 0.407 e. The summed E-state index contributed by atoms with van der Waals surface area (Å²) in [7, 11) is 0. The van der Waals surface area contributed by atoms with E-state index in [2.05, 4.69) is 21.3 Å². The van der Waals surface area contributed by atoms with Crippen molar-refractivity contribution in [2.45, 2.75) is 128 Å². The van der Waals surface area contributed by atoms with Crippen LogP contribution in [0.15, 0.2) is 30.3 Å². The molecule has 6 atom stereocenters. The maximum absolute atomic E-state index is 14.6. The molecule has 5 N–H and O–H groups in total. The first kappa shape index (κ1) is 40.3. The molecule has 1 aliphatic heterocycles. The van der Waals surface area contributed by atoms with Crippen LogP contribution < -0.4 is 21.3 Å². The van der Waals surface area contributed by atoms with Gasteiger partial charge >= 0.3 is 12.1 Å². The normalized spacial score (nSPS) is 21.9. The van der Waals surface area contributed by atoms with Crippen molar-refractivity contribution in [2.24, 2.45) is 17.8 Å². The SMILES string of the molecule is CCCC(NC(=O)C1CC2CCCCC2N1C(=O)C(NC(=O)OCC(C)C)C1CCCCC1)C(=O)C(=O)NCC(=O)NC(C(=O)O)c1ccccc1. The molecule has 0 bridgehead atoms. The lowest BCUT2D eigenvalue weighted by atomic mass is 9.82. The predicted molar refractivity (Wildman–Crippen MR) is 190 cm³/mol. The number of fused-ring (bicyclic) bond motifs is 1. The summed E-state index contributed by atoms with van der Waals surface area (Å²) in [6.45, 7) is 5.20. The number of hydrogen-bond donors (Lipinski definition) is 5. The molecular formula is C38H55N5O9. The second-order valence-electron chi connectivity index (χ2n) is 14.8. The standard InChI is InChI=1S/C38H55N5O9/c1-4-13-27(33(45)35(47)39-21-30(44)41-32(37(49)50)25-16-9-6-10-17-25)40-34(46)29-20-26-18-11-12-19-28(26)43(29)36(48)31(24-14-7-5-8-15-24)42-38(51)52-22-23(2)3/h6,9-10,16-17,23-24,26-29,31-32H,4-5,7-8,11-15,18-22H2,1-3H3,(H,39,47)(H,40,46)(H,41,44)(H,42,51)(H,49,50). The van der Waals surface area contributed by atoms with Crippen LogP contribution in [-0.4, -0.2) is 88.8 Å². The number of ether oxygens (including phenoxy) is 1. The first-order valence-corrected chi connectivity index (χ1v) is 18.9. The van der Waals surface area contributed by atoms with E-state index < -0.39 is 66.3 Å². The van der Waals surface area contributed by atoms with Crippen molar-refractivity contribution in [1.29, 1.82) is 0 Å². The average molecular weight is 726 g/mol. The van der Waals surface area contributed by atoms with Crippen LogP contribution in [0.1, 0.15) is 109 Å². The van der Waals surface area contributed by atoms with E-state index in [1.54, 1.807) is 42.2 Å². The van der Waals surface area contributed by atoms with E-state index in [1.807, 2.05) is 13.8 Å². The number of nitrogens with one attached hydrogen (secondary N) is 4. The Kier molecular flexibility index (Phi) is 15.0. The molecule has 14 nitrogen and oxygen atoms in total. The quantitative estimate of drug-likeness (QED) is 0.159. The fourth-order valence-corrected chi connectivity index (χ4v) is 7.81. The largest absolute Gasteiger partial charge is 0.479 e. The third-order valence-electron chi connectivity index (χ3n) is 10.4. The van der Waals surface area contributed by atoms with Gasteiger partial charge < -0.3 is 36.0 Å². The van der Waals surface area contributed by atoms with Gasteiger partial charge in [-0.3, -0.25) is 24.0 Å². The minimum Gasteiger partial charge on any atom is -0.479 e. The highest BCUT2D eigenvalue weighted by Gasteiger charge is 2.50. The van der Waals surface area contributed by atoms with Gasteiger partial charge in [-0.2, -0.15) is 0 Å². The van der Waals surface area contributed by atoms with Crippen molar-refractivity contribution in [3.63, 3.8) is 0 Å². The van der Waals surface area contributed by atoms with E-state index in [-0.39, 0.29) is 42.7 Å². The number of benzene rings is 1. The second-order valence-corrected chi connectivity index (χ2v) is 14.8. The van der Waals surface area contributed by atoms with Crippen LogP contribution in [0.5, 0.6) is 0 Å². The number of hydrogen-bond acceptors (Lipinski definition) is 8. The summed E-state index contributed by atoms with van der Waals surface area (Å²) >= 11 is 0. The van der Waals surface area contributed by atoms with Gasteiger partial charge in [0.1, 0.15) is 12.1 Å². The Balaban J connectivity index is 1.46. The Morgan fingerprint density at radius 3 is 2.21 bits per heavy atom. The molecule has 3 fully saturated rings. The number of rotatable bonds is 16. The number of carbonyl (C=O) groups is 7. The number of alkyl carbamates (subject to hydrolysis) is 1. The number of carboxylic acids is 1. The van der Waals surface area contributed by atoms with Crippen molar-refractivity contribution >= 4 is 41.5 Å². The summed E-state index contributed by atoms with van der Waals surface area (Å²) in [5, 5.41) is 19.8. The molecule has 2 aliphatic carbocycles. The Morgan fingerprint density at radius 1 is 0.885 bits per heavy atom. The van der Waals surface area contributed by atoms with E-state index >= 15 is 0 Å². The molecule has 286 valence electrons. The molecule has 1 aromatic carbocycles. The van der Waals surface area contributed by atoms with Crippen molar-refractivity contribution in [2.75, 3.05) is 13.2 Å². The zero-order chi connectivity index (χ0) is 37.8. The van der Waals surface area contributed by atoms with Crippen molar-refractivity contribution in [3.05, 3.63) is 35.9 Å². The molecule has 52 heavy (non-hydrogen) atoms. The predicted octanol–water partition coefficient (Wildman–Crippen LogP) is 3.39. The molecule has 14 heteroatoms. The molecular weight excluding hydrogens is 670 g/mol. The van der Waals surface area contributed by atoms with Gasteiger partial charge in [0.05, 0.1) is 19.2 Å². The Morgan fingerprint density at radius 2 is 1.56 bits per heavy atom. The molecule has 2 saturated carbocycles. The Bertz CT molecular complexity index is 1430. The number of carbonyl (C=O) groups excluding carboxylic acids is 6. The van der Waals surface area contributed by atoms with Crippen molar-refractivity contribution in [1.82, 2.24) is 26.2 Å². The first-order valence-electron chi connectivity index (χ1n) is 18.9. The molecule has 1 aromatic rings. The lowest BCUT2D eigenvalue weighted by molar-refractivity contribution is -0.145. The van der Waals surface area contributed by atoms with Gasteiger partial charge in [-0.05, 0) is 61.8 Å². The average Bonchev–Trinajstić information content (AvgIpc) is 3.54. The number of likely N-dealkylation sites (tertiary alicyclic amines) is 1. The van der Waals surface area contributed by atoms with Gasteiger partial charge in [0, 0.05) is 6.04 Å². The summed E-state index contributed by atoms with van der Waals surface area (Å²) in [6, 6.07) is 3.54. The minimum atomic E-state index is -1.35. The molecule has 1 heterocycles. The lowest BCUT2D eigenvalue weighted by Crippen LogP contribution is -2.60. The highest BCUT2D eigenvalue weighted by atomic mass is 16.5. The summed E-state index contributed by atoms with van der Waals surface area (Å²) in [5.41, 5.74) is 0.336. The van der Waals surface area contributed by atoms with E-state index in [4.69, 9.17) is 4.74 Å². The molecule has 4 rings (SSSR count). The Hall–Kier alpha value is -4.49. The lowest BCUT2D eigenvalue weighted by Gasteiger charge is -2.39. The van der Waals surface area contributed by atoms with Crippen LogP contribution in [0.2, 0.25) is 0 Å². The van der Waals surface area contributed by atoms with Crippen LogP contribution in [0, 0.1) is 17.8 Å². The van der Waals surface area contributed by atoms with E-state index in [1.165, 1.54) is 0 Å². The highest BCUT2D eigenvalue weighted by molar-refractivity contribution is 6.38. The van der Waals surface area contributed by atoms with E-state index in [0.717, 1.165) is 57.8 Å². The third-order valence-corrected chi connectivity index (χ3v) is 10.4. The third kappa shape index (κ3) is 10.8. The molecule has 3 aliphatic rings. The minimum absolute atomic E-state index is 0.0843. The molecule has 1 saturated heterocycles. The van der Waals surface area contributed by atoms with Crippen LogP contribution in [0.4, 0.5) is 4.79 Å². The number of carboxylic acid groups (broad SMARTS) is 1. The summed E-state index contributed by atoms with van der Waals surface area (Å²) < 4.78 is 5.40. The smallest absolute Gasteiger partial charge is 0.407 e. The van der Waals surface area contributed by atoms with Gasteiger partial charge in [-0.15, -0.1) is 0 Å². The van der Waals surface area contributed by atoms with Crippen molar-refractivity contribution < 1.29 is 43.4 Å². The number of Topliss-reactive ketones (excluding diaryl/α,β-unsaturated/α-hetero) is 1. The van der Waals surface area contributed by atoms with E-state index in [0.29, 0.717) is 18.4 Å². The summed E-state index contributed by atoms with van der Waals surface area (Å²) in [4.78, 5) is 93.9. The van der Waals surface area contributed by atoms with E-state index in [9.17, 15) is 38.7 Å². The molecule has 0 radical (unpaired) electrons. The zero-order valence-corrected chi connectivity index (χ0v) is 30.6. The van der Waals surface area contributed by atoms with Crippen LogP contribution in [0.3, 0.4) is 0 Å². The van der Waals surface area contributed by atoms with Gasteiger partial charge in [0.15, 0.2) is 6.04 Å². The van der Waals surface area contributed by atoms with Crippen LogP contribution in [0.25, 0.3) is 0 Å². The number of aliphatic carboxylic acids is 1. The fourth-order valence-electron chi connectivity index (χ4n) is 7.81. The monoisotopic (exact) mass is 725 g/mol. The molecule has 6 unspecified atom stereocenters. The number of nitrogens with zero attached hydrogens (tertiary/aromatic N) is 1. The van der Waals surface area contributed by atoms with Gasteiger partial charge in [-0.1, -0.05) is 89.6 Å². The van der Waals surface area contributed by atoms with Crippen LogP contribution >= 0.6 is 0 Å². The van der Waals surface area contributed by atoms with Gasteiger partial charge in [-0.25, -0.2) is 9.59 Å². The number of amides is 5. The van der Waals surface area contributed by atoms with Gasteiger partial charge in [0.25, 0.3) is 5.91 Å². The summed E-state index contributed by atoms with van der Waals surface area (Å²) in [6.07, 6.45) is 8.25. The van der Waals surface area contributed by atoms with Crippen molar-refractivity contribution in [3.8, 4) is 0 Å². The zero-order valence-electron chi connectivity index (χ0n) is 30.6. The first-order chi connectivity index (χ1) is 24.9. The van der Waals surface area contributed by atoms with Gasteiger partial charge in [0.2, 0.25) is 23.5 Å². The summed E-state index contributed by atoms with van der Waals surface area (Å²) in [5.74, 6) is -4.93. The molecule has 0 aromatic heterocycles. The molecule has 5 amide bonds. The Labute approximate surface area is 305 Å².